The van der Waals surface area contributed by atoms with Crippen LogP contribution in [0.25, 0.3) is 0 Å². The van der Waals surface area contributed by atoms with E-state index < -0.39 is 18.0 Å². The molecule has 3 aromatic rings. The molecule has 0 saturated carbocycles. The summed E-state index contributed by atoms with van der Waals surface area (Å²) in [7, 11) is 1.49. The average molecular weight is 458 g/mol. The number of benzene rings is 3. The zero-order chi connectivity index (χ0) is 24.2. The first kappa shape index (κ1) is 22.7. The van der Waals surface area contributed by atoms with Crippen molar-refractivity contribution >= 4 is 29.4 Å². The summed E-state index contributed by atoms with van der Waals surface area (Å²) in [4.78, 5) is 51.5. The van der Waals surface area contributed by atoms with Crippen LogP contribution in [0.2, 0.25) is 0 Å². The summed E-state index contributed by atoms with van der Waals surface area (Å²) < 4.78 is 10.5. The van der Waals surface area contributed by atoms with Crippen LogP contribution in [0.15, 0.2) is 72.8 Å². The van der Waals surface area contributed by atoms with Gasteiger partial charge in [0.05, 0.1) is 36.0 Å². The fourth-order valence-electron chi connectivity index (χ4n) is 3.63. The van der Waals surface area contributed by atoms with Crippen LogP contribution in [0, 0.1) is 0 Å². The maximum Gasteiger partial charge on any atom is 0.338 e. The van der Waals surface area contributed by atoms with E-state index in [9.17, 15) is 19.2 Å². The highest BCUT2D eigenvalue weighted by molar-refractivity contribution is 6.21. The minimum Gasteiger partial charge on any atom is -0.495 e. The highest BCUT2D eigenvalue weighted by Crippen LogP contribution is 2.25. The van der Waals surface area contributed by atoms with E-state index in [1.54, 1.807) is 66.7 Å². The average Bonchev–Trinajstić information content (AvgIpc) is 3.09. The van der Waals surface area contributed by atoms with Gasteiger partial charge in [-0.3, -0.25) is 19.3 Å². The number of hydrogen-bond acceptors (Lipinski definition) is 6. The van der Waals surface area contributed by atoms with E-state index in [2.05, 4.69) is 5.32 Å². The molecule has 1 aliphatic heterocycles. The number of nitrogens with one attached hydrogen (secondary N) is 1. The molecular weight excluding hydrogens is 436 g/mol. The van der Waals surface area contributed by atoms with Crippen LogP contribution in [-0.2, 0) is 16.1 Å². The van der Waals surface area contributed by atoms with Gasteiger partial charge >= 0.3 is 5.97 Å². The van der Waals surface area contributed by atoms with Crippen molar-refractivity contribution in [2.45, 2.75) is 19.6 Å². The van der Waals surface area contributed by atoms with Gasteiger partial charge in [0.15, 0.2) is 6.10 Å². The molecule has 0 fully saturated rings. The topological polar surface area (TPSA) is 102 Å². The van der Waals surface area contributed by atoms with E-state index in [1.165, 1.54) is 20.1 Å². The third-order valence-electron chi connectivity index (χ3n) is 5.40. The monoisotopic (exact) mass is 458 g/mol. The number of hydrogen-bond donors (Lipinski definition) is 1. The molecule has 0 radical (unpaired) electrons. The lowest BCUT2D eigenvalue weighted by molar-refractivity contribution is -0.123. The lowest BCUT2D eigenvalue weighted by Crippen LogP contribution is -2.30. The molecule has 3 amide bonds. The summed E-state index contributed by atoms with van der Waals surface area (Å²) in [6.07, 6.45) is -1.07. The Hall–Kier alpha value is -4.46. The Bertz CT molecular complexity index is 1250. The van der Waals surface area contributed by atoms with Crippen LogP contribution >= 0.6 is 0 Å². The van der Waals surface area contributed by atoms with Gasteiger partial charge < -0.3 is 14.8 Å². The number of fused-ring (bicyclic) bond motifs is 1. The molecule has 1 heterocycles. The second-order valence-electron chi connectivity index (χ2n) is 7.68. The first-order chi connectivity index (χ1) is 16.4. The zero-order valence-electron chi connectivity index (χ0n) is 18.6. The highest BCUT2D eigenvalue weighted by Gasteiger charge is 2.35. The van der Waals surface area contributed by atoms with E-state index >= 15 is 0 Å². The van der Waals surface area contributed by atoms with Crippen molar-refractivity contribution in [2.75, 3.05) is 12.4 Å². The molecule has 0 saturated heterocycles. The van der Waals surface area contributed by atoms with E-state index in [4.69, 9.17) is 9.47 Å². The maximum absolute atomic E-state index is 12.7. The van der Waals surface area contributed by atoms with Crippen molar-refractivity contribution in [2.24, 2.45) is 0 Å². The number of nitrogens with zero attached hydrogens (tertiary/aromatic N) is 1. The number of para-hydroxylation sites is 2. The summed E-state index contributed by atoms with van der Waals surface area (Å²) >= 11 is 0. The van der Waals surface area contributed by atoms with Crippen molar-refractivity contribution in [3.8, 4) is 5.75 Å². The smallest absolute Gasteiger partial charge is 0.338 e. The van der Waals surface area contributed by atoms with E-state index in [0.29, 0.717) is 28.1 Å². The largest absolute Gasteiger partial charge is 0.495 e. The van der Waals surface area contributed by atoms with Gasteiger partial charge in [-0.25, -0.2) is 4.79 Å². The van der Waals surface area contributed by atoms with Crippen molar-refractivity contribution in [3.63, 3.8) is 0 Å². The maximum atomic E-state index is 12.7. The summed E-state index contributed by atoms with van der Waals surface area (Å²) in [5, 5.41) is 2.67. The molecule has 34 heavy (non-hydrogen) atoms. The summed E-state index contributed by atoms with van der Waals surface area (Å²) in [6.45, 7) is 1.47. The molecule has 1 atom stereocenters. The zero-order valence-corrected chi connectivity index (χ0v) is 18.6. The first-order valence-electron chi connectivity index (χ1n) is 10.6. The molecule has 8 heteroatoms. The Morgan fingerprint density at radius 2 is 1.56 bits per heavy atom. The number of amides is 3. The van der Waals surface area contributed by atoms with E-state index in [1.807, 2.05) is 0 Å². The number of methoxy groups -OCH3 is 1. The predicted octanol–water partition coefficient (Wildman–Crippen LogP) is 3.68. The number of esters is 1. The van der Waals surface area contributed by atoms with Gasteiger partial charge in [-0.15, -0.1) is 0 Å². The van der Waals surface area contributed by atoms with Crippen LogP contribution < -0.4 is 10.1 Å². The van der Waals surface area contributed by atoms with Crippen LogP contribution in [-0.4, -0.2) is 41.8 Å². The van der Waals surface area contributed by atoms with Gasteiger partial charge in [0, 0.05) is 0 Å². The van der Waals surface area contributed by atoms with E-state index in [0.717, 1.165) is 4.90 Å². The molecule has 0 unspecified atom stereocenters. The predicted molar refractivity (Wildman–Crippen MR) is 124 cm³/mol. The number of rotatable bonds is 7. The van der Waals surface area contributed by atoms with Gasteiger partial charge in [-0.1, -0.05) is 36.4 Å². The lowest BCUT2D eigenvalue weighted by Gasteiger charge is -2.16. The standard InChI is InChI=1S/C26H22N2O6/c1-16(23(29)27-21-12-5-6-13-22(21)33-2)34-26(32)18-9-7-8-17(14-18)15-28-24(30)19-10-3-4-11-20(19)25(28)31/h3-14,16H,15H2,1-2H3,(H,27,29)/t16-/m1/s1. The Morgan fingerprint density at radius 1 is 0.912 bits per heavy atom. The molecular formula is C26H22N2O6. The number of carbonyl (C=O) groups is 4. The van der Waals surface area contributed by atoms with Gasteiger partial charge in [-0.2, -0.15) is 0 Å². The molecule has 172 valence electrons. The summed E-state index contributed by atoms with van der Waals surface area (Å²) in [5.74, 6) is -1.49. The van der Waals surface area contributed by atoms with Crippen LogP contribution in [0.5, 0.6) is 5.75 Å². The Balaban J connectivity index is 1.41. The highest BCUT2D eigenvalue weighted by atomic mass is 16.5. The molecule has 0 aromatic heterocycles. The Labute approximate surface area is 196 Å². The van der Waals surface area contributed by atoms with Crippen molar-refractivity contribution in [1.82, 2.24) is 4.90 Å². The molecule has 8 nitrogen and oxygen atoms in total. The Kier molecular flexibility index (Phi) is 6.40. The number of anilines is 1. The molecule has 0 bridgehead atoms. The molecule has 4 rings (SSSR count). The molecule has 1 aliphatic rings. The van der Waals surface area contributed by atoms with Crippen LogP contribution in [0.3, 0.4) is 0 Å². The number of ether oxygens (including phenoxy) is 2. The van der Waals surface area contributed by atoms with Crippen molar-refractivity contribution in [1.29, 1.82) is 0 Å². The summed E-state index contributed by atoms with van der Waals surface area (Å²) in [5.41, 5.74) is 1.96. The number of imide groups is 1. The molecule has 0 spiro atoms. The van der Waals surface area contributed by atoms with Crippen molar-refractivity contribution in [3.05, 3.63) is 95.1 Å². The van der Waals surface area contributed by atoms with Gasteiger partial charge in [0.25, 0.3) is 17.7 Å². The fourth-order valence-corrected chi connectivity index (χ4v) is 3.63. The second kappa shape index (κ2) is 9.58. The van der Waals surface area contributed by atoms with Gasteiger partial charge in [0.2, 0.25) is 0 Å². The Morgan fingerprint density at radius 3 is 2.24 bits per heavy atom. The third kappa shape index (κ3) is 4.52. The van der Waals surface area contributed by atoms with Crippen molar-refractivity contribution < 1.29 is 28.7 Å². The van der Waals surface area contributed by atoms with Gasteiger partial charge in [0.1, 0.15) is 5.75 Å². The van der Waals surface area contributed by atoms with Crippen LogP contribution in [0.4, 0.5) is 5.69 Å². The van der Waals surface area contributed by atoms with E-state index in [-0.39, 0.29) is 23.9 Å². The minimum atomic E-state index is -1.07. The normalized spacial score (nSPS) is 13.3. The summed E-state index contributed by atoms with van der Waals surface area (Å²) in [6, 6.07) is 19.9. The number of carbonyl (C=O) groups excluding carboxylic acids is 4. The minimum absolute atomic E-state index is 0.0112. The third-order valence-corrected chi connectivity index (χ3v) is 5.40. The quantitative estimate of drug-likeness (QED) is 0.428. The first-order valence-corrected chi connectivity index (χ1v) is 10.6. The molecule has 1 N–H and O–H groups in total. The van der Waals surface area contributed by atoms with Gasteiger partial charge in [-0.05, 0) is 48.9 Å². The molecule has 0 aliphatic carbocycles. The molecule has 3 aromatic carbocycles. The van der Waals surface area contributed by atoms with Crippen LogP contribution in [0.1, 0.15) is 43.6 Å². The SMILES string of the molecule is COc1ccccc1NC(=O)[C@@H](C)OC(=O)c1cccc(CN2C(=O)c3ccccc3C2=O)c1. The lowest BCUT2D eigenvalue weighted by atomic mass is 10.1. The fraction of sp³-hybridized carbons (Fsp3) is 0.154. The second-order valence-corrected chi connectivity index (χ2v) is 7.68.